The first kappa shape index (κ1) is 27.8. The molecular formula is C28H31N5O5S2. The molecule has 0 saturated carbocycles. The van der Waals surface area contributed by atoms with E-state index >= 15 is 0 Å². The number of nitrogens with zero attached hydrogens (tertiary/aromatic N) is 3. The third-order valence-corrected chi connectivity index (χ3v) is 9.42. The monoisotopic (exact) mass is 581 g/mol. The van der Waals surface area contributed by atoms with E-state index in [0.29, 0.717) is 28.7 Å². The van der Waals surface area contributed by atoms with E-state index in [4.69, 9.17) is 4.52 Å². The van der Waals surface area contributed by atoms with E-state index in [1.165, 1.54) is 12.1 Å². The van der Waals surface area contributed by atoms with Crippen LogP contribution in [0.3, 0.4) is 0 Å². The maximum atomic E-state index is 13.2. The summed E-state index contributed by atoms with van der Waals surface area (Å²) in [5.41, 5.74) is 1.70. The minimum atomic E-state index is -4.17. The van der Waals surface area contributed by atoms with Crippen molar-refractivity contribution in [2.75, 3.05) is 40.3 Å². The van der Waals surface area contributed by atoms with Gasteiger partial charge in [0.25, 0.3) is 15.7 Å². The van der Waals surface area contributed by atoms with E-state index in [2.05, 4.69) is 33.9 Å². The molecule has 1 aliphatic heterocycles. The van der Waals surface area contributed by atoms with E-state index in [-0.39, 0.29) is 22.1 Å². The van der Waals surface area contributed by atoms with Gasteiger partial charge in [0, 0.05) is 48.1 Å². The van der Waals surface area contributed by atoms with Crippen LogP contribution in [-0.2, 0) is 10.0 Å². The van der Waals surface area contributed by atoms with Gasteiger partial charge in [-0.1, -0.05) is 37.2 Å². The summed E-state index contributed by atoms with van der Waals surface area (Å²) in [5.74, 6) is 0.712. The van der Waals surface area contributed by atoms with Gasteiger partial charge in [0.1, 0.15) is 5.69 Å². The summed E-state index contributed by atoms with van der Waals surface area (Å²) in [6, 6.07) is 19.2. The Morgan fingerprint density at radius 1 is 1.07 bits per heavy atom. The van der Waals surface area contributed by atoms with Crippen LogP contribution >= 0.6 is 11.8 Å². The standard InChI is InChI=1S/C28H31N5O5S2/c1-28(2)12-15-32(16-13-28)20-8-10-23-26(18-20)38-30-27(23)31-40(36,37)22-9-11-24(25(19-22)33(34)35)29-14-17-39-21-6-4-3-5-7-21/h3-11,18-19,29H,12-17H2,1-2H3,(H,30,31). The molecule has 10 nitrogen and oxygen atoms in total. The Kier molecular flexibility index (Phi) is 7.90. The number of anilines is 3. The number of nitrogens with one attached hydrogen (secondary N) is 2. The SMILES string of the molecule is CC1(C)CCN(c2ccc3c(NS(=O)(=O)c4ccc(NCCSc5ccccc5)c([N+](=O)[O-])c4)noc3c2)CC1. The van der Waals surface area contributed by atoms with Crippen LogP contribution in [-0.4, -0.2) is 43.9 Å². The largest absolute Gasteiger partial charge is 0.379 e. The number of rotatable bonds is 10. The van der Waals surface area contributed by atoms with Gasteiger partial charge in [-0.2, -0.15) is 0 Å². The second-order valence-corrected chi connectivity index (χ2v) is 13.3. The van der Waals surface area contributed by atoms with Gasteiger partial charge in [-0.3, -0.25) is 14.8 Å². The first-order valence-corrected chi connectivity index (χ1v) is 15.5. The zero-order valence-electron chi connectivity index (χ0n) is 22.3. The van der Waals surface area contributed by atoms with Crippen LogP contribution in [0.5, 0.6) is 0 Å². The normalized spacial score (nSPS) is 15.2. The predicted molar refractivity (Wildman–Crippen MR) is 159 cm³/mol. The summed E-state index contributed by atoms with van der Waals surface area (Å²) < 4.78 is 34.2. The minimum absolute atomic E-state index is 0.0316. The van der Waals surface area contributed by atoms with Crippen LogP contribution in [0.1, 0.15) is 26.7 Å². The Balaban J connectivity index is 1.28. The van der Waals surface area contributed by atoms with Gasteiger partial charge in [-0.05, 0) is 54.7 Å². The summed E-state index contributed by atoms with van der Waals surface area (Å²) in [5, 5.41) is 19.2. The molecule has 5 rings (SSSR count). The molecule has 40 heavy (non-hydrogen) atoms. The molecule has 1 fully saturated rings. The maximum Gasteiger partial charge on any atom is 0.293 e. The highest BCUT2D eigenvalue weighted by molar-refractivity contribution is 7.99. The van der Waals surface area contributed by atoms with Crippen molar-refractivity contribution in [3.63, 3.8) is 0 Å². The summed E-state index contributed by atoms with van der Waals surface area (Å²) in [7, 11) is -4.17. The molecular weight excluding hydrogens is 550 g/mol. The summed E-state index contributed by atoms with van der Waals surface area (Å²) in [6.45, 7) is 6.87. The Hall–Kier alpha value is -3.77. The highest BCUT2D eigenvalue weighted by atomic mass is 32.2. The van der Waals surface area contributed by atoms with E-state index in [1.807, 2.05) is 42.5 Å². The summed E-state index contributed by atoms with van der Waals surface area (Å²) in [6.07, 6.45) is 2.17. The number of hydrogen-bond acceptors (Lipinski definition) is 9. The lowest BCUT2D eigenvalue weighted by Gasteiger charge is -2.38. The van der Waals surface area contributed by atoms with E-state index in [1.54, 1.807) is 17.8 Å². The molecule has 2 N–H and O–H groups in total. The molecule has 0 bridgehead atoms. The van der Waals surface area contributed by atoms with Crippen molar-refractivity contribution in [3.05, 3.63) is 76.8 Å². The van der Waals surface area contributed by atoms with Crippen molar-refractivity contribution in [3.8, 4) is 0 Å². The number of piperidine rings is 1. The van der Waals surface area contributed by atoms with E-state index in [9.17, 15) is 18.5 Å². The van der Waals surface area contributed by atoms with Gasteiger partial charge in [0.2, 0.25) is 0 Å². The van der Waals surface area contributed by atoms with E-state index in [0.717, 1.165) is 42.6 Å². The molecule has 0 amide bonds. The van der Waals surface area contributed by atoms with Crippen molar-refractivity contribution in [2.24, 2.45) is 5.41 Å². The lowest BCUT2D eigenvalue weighted by Crippen LogP contribution is -2.37. The number of hydrogen-bond donors (Lipinski definition) is 2. The molecule has 1 aliphatic rings. The van der Waals surface area contributed by atoms with Crippen LogP contribution in [0, 0.1) is 15.5 Å². The molecule has 0 spiro atoms. The van der Waals surface area contributed by atoms with Crippen LogP contribution in [0.4, 0.5) is 22.9 Å². The molecule has 2 heterocycles. The second kappa shape index (κ2) is 11.4. The minimum Gasteiger partial charge on any atom is -0.379 e. The van der Waals surface area contributed by atoms with Crippen LogP contribution in [0.25, 0.3) is 11.0 Å². The number of aromatic nitrogens is 1. The van der Waals surface area contributed by atoms with Gasteiger partial charge in [0.05, 0.1) is 15.2 Å². The molecule has 210 valence electrons. The second-order valence-electron chi connectivity index (χ2n) is 10.5. The third kappa shape index (κ3) is 6.34. The lowest BCUT2D eigenvalue weighted by atomic mass is 9.82. The van der Waals surface area contributed by atoms with Crippen molar-refractivity contribution < 1.29 is 17.9 Å². The molecule has 3 aromatic carbocycles. The highest BCUT2D eigenvalue weighted by Gasteiger charge is 2.27. The molecule has 0 unspecified atom stereocenters. The zero-order valence-corrected chi connectivity index (χ0v) is 23.9. The van der Waals surface area contributed by atoms with Gasteiger partial charge in [0.15, 0.2) is 11.4 Å². The van der Waals surface area contributed by atoms with Gasteiger partial charge in [-0.25, -0.2) is 8.42 Å². The Labute approximate surface area is 237 Å². The molecule has 0 radical (unpaired) electrons. The summed E-state index contributed by atoms with van der Waals surface area (Å²) in [4.78, 5) is 14.3. The molecule has 0 atom stereocenters. The molecule has 12 heteroatoms. The first-order valence-electron chi connectivity index (χ1n) is 13.0. The average molecular weight is 582 g/mol. The smallest absolute Gasteiger partial charge is 0.293 e. The summed E-state index contributed by atoms with van der Waals surface area (Å²) >= 11 is 1.62. The average Bonchev–Trinajstić information content (AvgIpc) is 3.32. The Bertz CT molecular complexity index is 1610. The molecule has 1 saturated heterocycles. The predicted octanol–water partition coefficient (Wildman–Crippen LogP) is 6.37. The number of nitro benzene ring substituents is 1. The maximum absolute atomic E-state index is 13.2. The number of thioether (sulfide) groups is 1. The van der Waals surface area contributed by atoms with Crippen LogP contribution < -0.4 is 14.9 Å². The third-order valence-electron chi connectivity index (χ3n) is 7.07. The number of nitro groups is 1. The quantitative estimate of drug-likeness (QED) is 0.0949. The van der Waals surface area contributed by atoms with Gasteiger partial charge in [-0.15, -0.1) is 11.8 Å². The van der Waals surface area contributed by atoms with Gasteiger partial charge < -0.3 is 14.7 Å². The van der Waals surface area contributed by atoms with Crippen molar-refractivity contribution in [1.82, 2.24) is 5.16 Å². The van der Waals surface area contributed by atoms with Crippen molar-refractivity contribution >= 4 is 55.6 Å². The first-order chi connectivity index (χ1) is 19.1. The highest BCUT2D eigenvalue weighted by Crippen LogP contribution is 2.35. The number of benzene rings is 3. The fourth-order valence-corrected chi connectivity index (χ4v) is 6.43. The number of sulfonamides is 1. The topological polar surface area (TPSA) is 131 Å². The molecule has 4 aromatic rings. The van der Waals surface area contributed by atoms with Crippen molar-refractivity contribution in [2.45, 2.75) is 36.5 Å². The lowest BCUT2D eigenvalue weighted by molar-refractivity contribution is -0.384. The Morgan fingerprint density at radius 2 is 1.82 bits per heavy atom. The van der Waals surface area contributed by atoms with Crippen molar-refractivity contribution in [1.29, 1.82) is 0 Å². The molecule has 1 aromatic heterocycles. The fraction of sp³-hybridized carbons (Fsp3) is 0.321. The van der Waals surface area contributed by atoms with Gasteiger partial charge >= 0.3 is 0 Å². The van der Waals surface area contributed by atoms with E-state index < -0.39 is 14.9 Å². The fourth-order valence-electron chi connectivity index (χ4n) is 4.60. The van der Waals surface area contributed by atoms with Crippen LogP contribution in [0.2, 0.25) is 0 Å². The van der Waals surface area contributed by atoms with Crippen LogP contribution in [0.15, 0.2) is 81.0 Å². The molecule has 0 aliphatic carbocycles. The Morgan fingerprint density at radius 3 is 2.55 bits per heavy atom. The zero-order chi connectivity index (χ0) is 28.3. The number of fused-ring (bicyclic) bond motifs is 1.